The molecule has 0 amide bonds. The lowest BCUT2D eigenvalue weighted by Crippen LogP contribution is -2.10. The molecule has 0 fully saturated rings. The van der Waals surface area contributed by atoms with Crippen LogP contribution >= 0.6 is 0 Å². The Balaban J connectivity index is 2.55. The first kappa shape index (κ1) is 17.9. The van der Waals surface area contributed by atoms with Crippen LogP contribution in [0.25, 0.3) is 0 Å². The van der Waals surface area contributed by atoms with Crippen molar-refractivity contribution >= 4 is 29.0 Å². The first-order chi connectivity index (χ1) is 11.9. The van der Waals surface area contributed by atoms with Crippen molar-refractivity contribution in [2.45, 2.75) is 13.3 Å². The molecule has 0 bridgehead atoms. The van der Waals surface area contributed by atoms with E-state index >= 15 is 0 Å². The minimum Gasteiger partial charge on any atom is -0.478 e. The summed E-state index contributed by atoms with van der Waals surface area (Å²) in [5, 5.41) is 23.1. The Morgan fingerprint density at radius 1 is 1.24 bits per heavy atom. The Morgan fingerprint density at radius 2 is 1.96 bits per heavy atom. The Hall–Kier alpha value is -3.42. The van der Waals surface area contributed by atoms with Crippen molar-refractivity contribution in [1.82, 2.24) is 0 Å². The van der Waals surface area contributed by atoms with Crippen LogP contribution in [-0.2, 0) is 11.2 Å². The van der Waals surface area contributed by atoms with Crippen LogP contribution in [0.1, 0.15) is 33.2 Å². The lowest BCUT2D eigenvalue weighted by atomic mass is 10.0. The number of anilines is 2. The average Bonchev–Trinajstić information content (AvgIpc) is 2.60. The van der Waals surface area contributed by atoms with E-state index in [1.165, 1.54) is 19.2 Å². The maximum absolute atomic E-state index is 12.1. The fourth-order valence-electron chi connectivity index (χ4n) is 2.41. The van der Waals surface area contributed by atoms with Crippen LogP contribution in [0, 0.1) is 10.1 Å². The third-order valence-corrected chi connectivity index (χ3v) is 3.63. The van der Waals surface area contributed by atoms with Crippen LogP contribution in [0.2, 0.25) is 0 Å². The molecular formula is C17H16N2O6. The van der Waals surface area contributed by atoms with Gasteiger partial charge < -0.3 is 15.2 Å². The van der Waals surface area contributed by atoms with Gasteiger partial charge in [-0.3, -0.25) is 10.1 Å². The fourth-order valence-corrected chi connectivity index (χ4v) is 2.41. The zero-order chi connectivity index (χ0) is 18.6. The first-order valence-electron chi connectivity index (χ1n) is 7.38. The monoisotopic (exact) mass is 344 g/mol. The van der Waals surface area contributed by atoms with Gasteiger partial charge in [0.15, 0.2) is 0 Å². The van der Waals surface area contributed by atoms with E-state index in [9.17, 15) is 19.7 Å². The molecule has 2 aromatic carbocycles. The number of nitrogens with zero attached hydrogens (tertiary/aromatic N) is 1. The fraction of sp³-hybridized carbons (Fsp3) is 0.176. The summed E-state index contributed by atoms with van der Waals surface area (Å²) in [6.07, 6.45) is 0.569. The number of nitrogens with one attached hydrogen (secondary N) is 1. The molecule has 0 aliphatic heterocycles. The van der Waals surface area contributed by atoms with Gasteiger partial charge in [-0.15, -0.1) is 0 Å². The SMILES string of the molecule is CCc1cccc(Nc2ccc(C(=O)O)cc2[N+](=O)[O-])c1C(=O)OC. The van der Waals surface area contributed by atoms with E-state index in [0.717, 1.165) is 11.6 Å². The number of hydrogen-bond acceptors (Lipinski definition) is 6. The number of ether oxygens (including phenoxy) is 1. The molecule has 0 radical (unpaired) electrons. The average molecular weight is 344 g/mol. The van der Waals surface area contributed by atoms with Gasteiger partial charge in [-0.05, 0) is 30.2 Å². The molecule has 2 aromatic rings. The molecule has 0 atom stereocenters. The van der Waals surface area contributed by atoms with Crippen molar-refractivity contribution in [3.63, 3.8) is 0 Å². The molecule has 0 saturated carbocycles. The Morgan fingerprint density at radius 3 is 2.52 bits per heavy atom. The van der Waals surface area contributed by atoms with E-state index in [0.29, 0.717) is 12.1 Å². The van der Waals surface area contributed by atoms with Crippen molar-refractivity contribution in [2.24, 2.45) is 0 Å². The van der Waals surface area contributed by atoms with Gasteiger partial charge in [-0.1, -0.05) is 19.1 Å². The van der Waals surface area contributed by atoms with Crippen LogP contribution in [0.5, 0.6) is 0 Å². The van der Waals surface area contributed by atoms with Crippen molar-refractivity contribution in [1.29, 1.82) is 0 Å². The maximum atomic E-state index is 12.1. The number of rotatable bonds is 6. The van der Waals surface area contributed by atoms with Crippen molar-refractivity contribution in [2.75, 3.05) is 12.4 Å². The standard InChI is InChI=1S/C17H16N2O6/c1-3-10-5-4-6-13(15(10)17(22)25-2)18-12-8-7-11(16(20)21)9-14(12)19(23)24/h4-9,18H,3H2,1-2H3,(H,20,21). The predicted octanol–water partition coefficient (Wildman–Crippen LogP) is 3.39. The second-order valence-electron chi connectivity index (χ2n) is 5.10. The molecule has 0 unspecified atom stereocenters. The summed E-state index contributed by atoms with van der Waals surface area (Å²) in [6.45, 7) is 1.87. The van der Waals surface area contributed by atoms with E-state index in [1.807, 2.05) is 6.92 Å². The summed E-state index contributed by atoms with van der Waals surface area (Å²) in [5.74, 6) is -1.83. The largest absolute Gasteiger partial charge is 0.478 e. The summed E-state index contributed by atoms with van der Waals surface area (Å²) >= 11 is 0. The molecule has 0 saturated heterocycles. The minimum absolute atomic E-state index is 0.0772. The van der Waals surface area contributed by atoms with Gasteiger partial charge in [-0.2, -0.15) is 0 Å². The predicted molar refractivity (Wildman–Crippen MR) is 90.5 cm³/mol. The molecular weight excluding hydrogens is 328 g/mol. The summed E-state index contributed by atoms with van der Waals surface area (Å²) in [5.41, 5.74) is 0.821. The van der Waals surface area contributed by atoms with Crippen molar-refractivity contribution in [3.05, 3.63) is 63.2 Å². The van der Waals surface area contributed by atoms with Crippen LogP contribution in [0.4, 0.5) is 17.1 Å². The molecule has 130 valence electrons. The van der Waals surface area contributed by atoms with Crippen LogP contribution < -0.4 is 5.32 Å². The third kappa shape index (κ3) is 3.74. The highest BCUT2D eigenvalue weighted by Crippen LogP contribution is 2.31. The number of benzene rings is 2. The highest BCUT2D eigenvalue weighted by molar-refractivity contribution is 5.98. The first-order valence-corrected chi connectivity index (χ1v) is 7.38. The lowest BCUT2D eigenvalue weighted by molar-refractivity contribution is -0.383. The quantitative estimate of drug-likeness (QED) is 0.468. The van der Waals surface area contributed by atoms with E-state index in [2.05, 4.69) is 5.32 Å². The highest BCUT2D eigenvalue weighted by atomic mass is 16.6. The van der Waals surface area contributed by atoms with E-state index in [-0.39, 0.29) is 16.8 Å². The second-order valence-corrected chi connectivity index (χ2v) is 5.10. The van der Waals surface area contributed by atoms with Gasteiger partial charge in [0.2, 0.25) is 0 Å². The van der Waals surface area contributed by atoms with Gasteiger partial charge in [0.05, 0.1) is 28.8 Å². The van der Waals surface area contributed by atoms with E-state index < -0.39 is 22.5 Å². The number of aryl methyl sites for hydroxylation is 1. The second kappa shape index (κ2) is 7.43. The Kier molecular flexibility index (Phi) is 5.33. The molecule has 25 heavy (non-hydrogen) atoms. The number of esters is 1. The lowest BCUT2D eigenvalue weighted by Gasteiger charge is -2.14. The minimum atomic E-state index is -1.27. The summed E-state index contributed by atoms with van der Waals surface area (Å²) in [7, 11) is 1.25. The molecule has 2 rings (SSSR count). The Labute approximate surface area is 143 Å². The number of methoxy groups -OCH3 is 1. The number of carbonyl (C=O) groups excluding carboxylic acids is 1. The molecule has 0 heterocycles. The summed E-state index contributed by atoms with van der Waals surface area (Å²) < 4.78 is 4.79. The maximum Gasteiger partial charge on any atom is 0.340 e. The third-order valence-electron chi connectivity index (χ3n) is 3.63. The number of hydrogen-bond donors (Lipinski definition) is 2. The topological polar surface area (TPSA) is 119 Å². The van der Waals surface area contributed by atoms with Crippen LogP contribution in [0.3, 0.4) is 0 Å². The number of nitro benzene ring substituents is 1. The number of nitro groups is 1. The zero-order valence-electron chi connectivity index (χ0n) is 13.6. The van der Waals surface area contributed by atoms with E-state index in [4.69, 9.17) is 9.84 Å². The van der Waals surface area contributed by atoms with Crippen LogP contribution in [-0.4, -0.2) is 29.1 Å². The Bertz CT molecular complexity index is 847. The van der Waals surface area contributed by atoms with Gasteiger partial charge in [-0.25, -0.2) is 9.59 Å². The van der Waals surface area contributed by atoms with Crippen molar-refractivity contribution in [3.8, 4) is 0 Å². The molecule has 0 aromatic heterocycles. The van der Waals surface area contributed by atoms with Crippen LogP contribution in [0.15, 0.2) is 36.4 Å². The van der Waals surface area contributed by atoms with Gasteiger partial charge >= 0.3 is 11.9 Å². The zero-order valence-corrected chi connectivity index (χ0v) is 13.6. The summed E-state index contributed by atoms with van der Waals surface area (Å²) in [4.78, 5) is 33.7. The molecule has 2 N–H and O–H groups in total. The van der Waals surface area contributed by atoms with Gasteiger partial charge in [0, 0.05) is 6.07 Å². The van der Waals surface area contributed by atoms with Crippen molar-refractivity contribution < 1.29 is 24.4 Å². The van der Waals surface area contributed by atoms with E-state index in [1.54, 1.807) is 18.2 Å². The molecule has 0 aliphatic rings. The molecule has 8 nitrogen and oxygen atoms in total. The molecule has 0 spiro atoms. The number of aromatic carboxylic acids is 1. The van der Waals surface area contributed by atoms with Gasteiger partial charge in [0.1, 0.15) is 5.69 Å². The number of carbonyl (C=O) groups is 2. The normalized spacial score (nSPS) is 10.2. The number of carboxylic acid groups (broad SMARTS) is 1. The van der Waals surface area contributed by atoms with Gasteiger partial charge in [0.25, 0.3) is 5.69 Å². The molecule has 0 aliphatic carbocycles. The number of carboxylic acids is 1. The highest BCUT2D eigenvalue weighted by Gasteiger charge is 2.21. The smallest absolute Gasteiger partial charge is 0.340 e. The molecule has 8 heteroatoms. The summed E-state index contributed by atoms with van der Waals surface area (Å²) in [6, 6.07) is 8.58.